The van der Waals surface area contributed by atoms with Gasteiger partial charge in [-0.1, -0.05) is 138 Å². The topological polar surface area (TPSA) is 0 Å². The second-order valence-electron chi connectivity index (χ2n) is 6.36. The summed E-state index contributed by atoms with van der Waals surface area (Å²) < 4.78 is 0. The van der Waals surface area contributed by atoms with Crippen LogP contribution in [0.4, 0.5) is 0 Å². The van der Waals surface area contributed by atoms with Crippen LogP contribution in [0.3, 0.4) is 0 Å². The van der Waals surface area contributed by atoms with Gasteiger partial charge >= 0.3 is 0 Å². The molecule has 0 aromatic carbocycles. The Labute approximate surface area is 148 Å². The molecular formula is C21H50B. The van der Waals surface area contributed by atoms with E-state index < -0.39 is 0 Å². The Morgan fingerprint density at radius 2 is 0.273 bits per heavy atom. The molecule has 0 nitrogen and oxygen atoms in total. The largest absolute Gasteiger partial charge is 0.0776 e. The van der Waals surface area contributed by atoms with Gasteiger partial charge in [-0.3, -0.25) is 0 Å². The molecule has 0 bridgehead atoms. The summed E-state index contributed by atoms with van der Waals surface area (Å²) >= 11 is 0. The van der Waals surface area contributed by atoms with Crippen molar-refractivity contribution in [1.82, 2.24) is 0 Å². The molecule has 22 heavy (non-hydrogen) atoms. The normalized spacial score (nSPS) is 19.6. The maximum Gasteiger partial charge on any atom is 0 e. The average Bonchev–Trinajstić information content (AvgIpc) is 2.54. The van der Waals surface area contributed by atoms with E-state index in [1.165, 1.54) is 116 Å². The molecule has 0 aromatic heterocycles. The number of hydrogen-bond donors (Lipinski definition) is 0. The van der Waals surface area contributed by atoms with Crippen LogP contribution < -0.4 is 0 Å². The van der Waals surface area contributed by atoms with Gasteiger partial charge in [-0.05, 0) is 0 Å². The van der Waals surface area contributed by atoms with Crippen LogP contribution in [0.2, 0.25) is 0 Å². The lowest BCUT2D eigenvalue weighted by atomic mass is 10.0. The molecule has 3 aliphatic rings. The molecule has 0 spiro atoms. The summed E-state index contributed by atoms with van der Waals surface area (Å²) in [7, 11) is 0. The third kappa shape index (κ3) is 22.3. The van der Waals surface area contributed by atoms with Crippen molar-refractivity contribution in [2.45, 2.75) is 138 Å². The second kappa shape index (κ2) is 26.0. The van der Waals surface area contributed by atoms with Gasteiger partial charge in [0.25, 0.3) is 0 Å². The minimum absolute atomic E-state index is 0. The molecule has 137 valence electrons. The standard InChI is InChI=1S/3C6H12.3CH4.B.H2/c3*1-2-4-6-5-3-1;;;;;/h3*1-6H2;3*1H4;;1H/i;;;;;;;1+1. The van der Waals surface area contributed by atoms with E-state index in [0.29, 0.717) is 0 Å². The first-order valence-electron chi connectivity index (χ1n) is 9.00. The first kappa shape index (κ1) is 30.0. The quantitative estimate of drug-likeness (QED) is 0.392. The Morgan fingerprint density at radius 1 is 0.227 bits per heavy atom. The molecule has 0 aromatic rings. The summed E-state index contributed by atoms with van der Waals surface area (Å²) in [4.78, 5) is 0. The molecule has 3 aliphatic carbocycles. The van der Waals surface area contributed by atoms with E-state index in [1.54, 1.807) is 0 Å². The van der Waals surface area contributed by atoms with Crippen LogP contribution in [0.5, 0.6) is 0 Å². The van der Waals surface area contributed by atoms with Crippen LogP contribution in [0, 0.1) is 0 Å². The van der Waals surface area contributed by atoms with Crippen LogP contribution in [-0.4, -0.2) is 8.41 Å². The Kier molecular flexibility index (Phi) is 35.4. The summed E-state index contributed by atoms with van der Waals surface area (Å²) in [6.07, 6.45) is 27.0. The Hall–Kier alpha value is 0.0649. The highest BCUT2D eigenvalue weighted by atomic mass is 14.0. The molecular weight excluding hydrogens is 263 g/mol. The van der Waals surface area contributed by atoms with E-state index >= 15 is 0 Å². The molecule has 0 saturated heterocycles. The smallest absolute Gasteiger partial charge is 0 e. The zero-order valence-corrected chi connectivity index (χ0v) is 13.3. The molecule has 0 N–H and O–H groups in total. The molecule has 1 heteroatoms. The van der Waals surface area contributed by atoms with Gasteiger partial charge < -0.3 is 0 Å². The highest BCUT2D eigenvalue weighted by Crippen LogP contribution is 2.16. The lowest BCUT2D eigenvalue weighted by molar-refractivity contribution is 0.504. The minimum Gasteiger partial charge on any atom is -0.0776 e. The van der Waals surface area contributed by atoms with Crippen molar-refractivity contribution in [3.05, 3.63) is 0 Å². The third-order valence-corrected chi connectivity index (χ3v) is 4.50. The van der Waals surface area contributed by atoms with Gasteiger partial charge in [-0.2, -0.15) is 0 Å². The predicted molar refractivity (Wildman–Crippen MR) is 111 cm³/mol. The van der Waals surface area contributed by atoms with Gasteiger partial charge in [0.2, 0.25) is 0 Å². The van der Waals surface area contributed by atoms with Crippen molar-refractivity contribution in [2.24, 2.45) is 0 Å². The van der Waals surface area contributed by atoms with Crippen LogP contribution in [-0.2, 0) is 0 Å². The summed E-state index contributed by atoms with van der Waals surface area (Å²) in [6, 6.07) is 0. The predicted octanol–water partition coefficient (Wildman–Crippen LogP) is 8.80. The number of hydrogen-bond acceptors (Lipinski definition) is 0. The van der Waals surface area contributed by atoms with E-state index in [9.17, 15) is 0 Å². The maximum absolute atomic E-state index is 1.50. The maximum atomic E-state index is 1.50. The molecule has 0 unspecified atom stereocenters. The fourth-order valence-electron chi connectivity index (χ4n) is 3.18. The van der Waals surface area contributed by atoms with Crippen LogP contribution in [0.1, 0.15) is 139 Å². The van der Waals surface area contributed by atoms with Crippen LogP contribution >= 0.6 is 0 Å². The molecule has 3 fully saturated rings. The molecule has 0 amide bonds. The lowest BCUT2D eigenvalue weighted by Crippen LogP contribution is -1.85. The van der Waals surface area contributed by atoms with E-state index in [-0.39, 0.29) is 32.1 Å². The zero-order valence-electron chi connectivity index (χ0n) is 13.3. The van der Waals surface area contributed by atoms with Crippen LogP contribution in [0.25, 0.3) is 0 Å². The van der Waals surface area contributed by atoms with Crippen molar-refractivity contribution in [1.29, 1.82) is 0 Å². The van der Waals surface area contributed by atoms with Crippen LogP contribution in [0.15, 0.2) is 0 Å². The van der Waals surface area contributed by atoms with Crippen molar-refractivity contribution >= 4 is 8.41 Å². The fraction of sp³-hybridized carbons (Fsp3) is 1.00. The lowest BCUT2D eigenvalue weighted by Gasteiger charge is -2.05. The van der Waals surface area contributed by atoms with Crippen molar-refractivity contribution in [3.63, 3.8) is 0 Å². The molecule has 3 radical (unpaired) electrons. The number of rotatable bonds is 0. The van der Waals surface area contributed by atoms with Gasteiger partial charge in [-0.25, -0.2) is 0 Å². The van der Waals surface area contributed by atoms with Crippen molar-refractivity contribution in [3.8, 4) is 0 Å². The average molecular weight is 314 g/mol. The Morgan fingerprint density at radius 3 is 0.318 bits per heavy atom. The van der Waals surface area contributed by atoms with E-state index in [0.717, 1.165) is 0 Å². The van der Waals surface area contributed by atoms with Gasteiger partial charge in [0.15, 0.2) is 0 Å². The summed E-state index contributed by atoms with van der Waals surface area (Å²) in [5.74, 6) is 0. The highest BCUT2D eigenvalue weighted by Gasteiger charge is 1.96. The minimum atomic E-state index is 0. The fourth-order valence-corrected chi connectivity index (χ4v) is 3.18. The second-order valence-corrected chi connectivity index (χ2v) is 6.36. The van der Waals surface area contributed by atoms with Gasteiger partial charge in [0.05, 0.1) is 0 Å². The third-order valence-electron chi connectivity index (χ3n) is 4.50. The zero-order chi connectivity index (χ0) is 12.7. The van der Waals surface area contributed by atoms with Crippen molar-refractivity contribution < 1.29 is 1.43 Å². The summed E-state index contributed by atoms with van der Waals surface area (Å²) in [6.45, 7) is 0. The van der Waals surface area contributed by atoms with E-state index in [4.69, 9.17) is 0 Å². The van der Waals surface area contributed by atoms with Gasteiger partial charge in [0, 0.05) is 9.84 Å². The van der Waals surface area contributed by atoms with Gasteiger partial charge in [-0.15, -0.1) is 0 Å². The molecule has 0 atom stereocenters. The monoisotopic (exact) mass is 314 g/mol. The highest BCUT2D eigenvalue weighted by molar-refractivity contribution is 5.75. The molecule has 3 saturated carbocycles. The SMILES string of the molecule is C.C.C.C1CCCCC1.C1CCCCC1.C1CCCCC1.[2HH].[B]. The molecule has 3 rings (SSSR count). The Balaban J connectivity index is -0.0000000635. The molecule has 0 aliphatic heterocycles. The van der Waals surface area contributed by atoms with E-state index in [1.807, 2.05) is 0 Å². The first-order valence-corrected chi connectivity index (χ1v) is 9.00. The van der Waals surface area contributed by atoms with Gasteiger partial charge in [0.1, 0.15) is 0 Å². The van der Waals surface area contributed by atoms with Crippen molar-refractivity contribution in [2.75, 3.05) is 0 Å². The van der Waals surface area contributed by atoms with E-state index in [2.05, 4.69) is 0 Å². The summed E-state index contributed by atoms with van der Waals surface area (Å²) in [5, 5.41) is 0. The first-order chi connectivity index (χ1) is 9.00. The Bertz CT molecular complexity index is 86.9. The summed E-state index contributed by atoms with van der Waals surface area (Å²) in [5.41, 5.74) is 0. The molecule has 0 heterocycles.